The number of aromatic nitrogens is 2. The molecule has 88 valence electrons. The van der Waals surface area contributed by atoms with Crippen LogP contribution in [0.3, 0.4) is 0 Å². The molecule has 1 aliphatic rings. The van der Waals surface area contributed by atoms with Crippen LogP contribution >= 0.6 is 0 Å². The summed E-state index contributed by atoms with van der Waals surface area (Å²) in [4.78, 5) is 7.41. The van der Waals surface area contributed by atoms with Crippen LogP contribution < -0.4 is 4.74 Å². The Morgan fingerprint density at radius 3 is 2.94 bits per heavy atom. The largest absolute Gasteiger partial charge is 0.494 e. The minimum atomic E-state index is -0.369. The molecule has 1 aliphatic carbocycles. The molecule has 0 bridgehead atoms. The number of hydrogen-bond acceptors (Lipinski definition) is 2. The molecule has 3 rings (SSSR count). The Balaban J connectivity index is 2.01. The van der Waals surface area contributed by atoms with Gasteiger partial charge in [-0.2, -0.15) is 0 Å². The number of methoxy groups -OCH3 is 1. The van der Waals surface area contributed by atoms with Crippen molar-refractivity contribution in [3.8, 4) is 17.1 Å². The fourth-order valence-electron chi connectivity index (χ4n) is 1.93. The van der Waals surface area contributed by atoms with Gasteiger partial charge >= 0.3 is 0 Å². The van der Waals surface area contributed by atoms with E-state index in [2.05, 4.69) is 9.97 Å². The van der Waals surface area contributed by atoms with E-state index in [-0.39, 0.29) is 11.6 Å². The van der Waals surface area contributed by atoms with Crippen LogP contribution in [0.25, 0.3) is 11.4 Å². The Bertz CT molecular complexity index is 546. The van der Waals surface area contributed by atoms with Crippen molar-refractivity contribution in [2.45, 2.75) is 18.8 Å². The highest BCUT2D eigenvalue weighted by Crippen LogP contribution is 2.39. The molecule has 1 heterocycles. The molecule has 1 fully saturated rings. The van der Waals surface area contributed by atoms with E-state index in [9.17, 15) is 4.39 Å². The lowest BCUT2D eigenvalue weighted by atomic mass is 10.2. The van der Waals surface area contributed by atoms with Crippen LogP contribution in [0, 0.1) is 5.82 Å². The Hall–Kier alpha value is -1.84. The highest BCUT2D eigenvalue weighted by Gasteiger charge is 2.26. The third kappa shape index (κ3) is 1.79. The quantitative estimate of drug-likeness (QED) is 0.883. The zero-order valence-electron chi connectivity index (χ0n) is 9.53. The fourth-order valence-corrected chi connectivity index (χ4v) is 1.93. The Labute approximate surface area is 98.7 Å². The highest BCUT2D eigenvalue weighted by molar-refractivity contribution is 5.59. The molecule has 0 unspecified atom stereocenters. The van der Waals surface area contributed by atoms with Crippen molar-refractivity contribution in [2.75, 3.05) is 7.11 Å². The summed E-state index contributed by atoms with van der Waals surface area (Å²) < 4.78 is 19.0. The van der Waals surface area contributed by atoms with Crippen molar-refractivity contribution >= 4 is 0 Å². The number of hydrogen-bond donors (Lipinski definition) is 1. The number of aromatic amines is 1. The predicted molar refractivity (Wildman–Crippen MR) is 62.5 cm³/mol. The first-order valence-electron chi connectivity index (χ1n) is 5.67. The van der Waals surface area contributed by atoms with E-state index in [1.807, 2.05) is 0 Å². The summed E-state index contributed by atoms with van der Waals surface area (Å²) in [5.74, 6) is 1.03. The van der Waals surface area contributed by atoms with Crippen molar-refractivity contribution in [3.05, 3.63) is 35.9 Å². The molecule has 4 heteroatoms. The number of halogens is 1. The molecule has 0 radical (unpaired) electrons. The van der Waals surface area contributed by atoms with Gasteiger partial charge in [0.2, 0.25) is 0 Å². The molecular formula is C13H13FN2O. The lowest BCUT2D eigenvalue weighted by molar-refractivity contribution is 0.387. The van der Waals surface area contributed by atoms with E-state index >= 15 is 0 Å². The first-order chi connectivity index (χ1) is 8.29. The molecule has 2 aromatic rings. The predicted octanol–water partition coefficient (Wildman–Crippen LogP) is 3.10. The third-order valence-electron chi connectivity index (χ3n) is 3.05. The van der Waals surface area contributed by atoms with E-state index in [0.717, 1.165) is 5.69 Å². The second-order valence-electron chi connectivity index (χ2n) is 4.28. The van der Waals surface area contributed by atoms with Crippen LogP contribution in [-0.2, 0) is 0 Å². The average Bonchev–Trinajstić information content (AvgIpc) is 3.08. The van der Waals surface area contributed by atoms with Crippen LogP contribution in [0.15, 0.2) is 24.4 Å². The standard InChI is InChI=1S/C13H13FN2O/c1-17-11-4-2-3-9(12(11)14)13-15-7-10(16-13)8-5-6-8/h2-4,7-8H,5-6H2,1H3,(H,15,16). The van der Waals surface area contributed by atoms with Crippen LogP contribution in [0.5, 0.6) is 5.75 Å². The highest BCUT2D eigenvalue weighted by atomic mass is 19.1. The summed E-state index contributed by atoms with van der Waals surface area (Å²) in [7, 11) is 1.46. The average molecular weight is 232 g/mol. The number of benzene rings is 1. The van der Waals surface area contributed by atoms with E-state index in [1.165, 1.54) is 20.0 Å². The van der Waals surface area contributed by atoms with E-state index in [1.54, 1.807) is 24.4 Å². The summed E-state index contributed by atoms with van der Waals surface area (Å²) in [6.07, 6.45) is 4.19. The summed E-state index contributed by atoms with van der Waals surface area (Å²) in [6.45, 7) is 0. The molecule has 1 aromatic carbocycles. The van der Waals surface area contributed by atoms with Crippen LogP contribution in [0.4, 0.5) is 4.39 Å². The van der Waals surface area contributed by atoms with Gasteiger partial charge in [0.05, 0.1) is 12.7 Å². The van der Waals surface area contributed by atoms with Crippen molar-refractivity contribution < 1.29 is 9.13 Å². The van der Waals surface area contributed by atoms with Gasteiger partial charge in [0, 0.05) is 17.8 Å². The second-order valence-corrected chi connectivity index (χ2v) is 4.28. The molecule has 0 spiro atoms. The monoisotopic (exact) mass is 232 g/mol. The van der Waals surface area contributed by atoms with Gasteiger partial charge < -0.3 is 9.72 Å². The normalized spacial score (nSPS) is 14.9. The molecule has 1 N–H and O–H groups in total. The number of rotatable bonds is 3. The molecule has 0 saturated heterocycles. The smallest absolute Gasteiger partial charge is 0.175 e. The Morgan fingerprint density at radius 1 is 1.41 bits per heavy atom. The zero-order valence-corrected chi connectivity index (χ0v) is 9.53. The maximum absolute atomic E-state index is 14.0. The lowest BCUT2D eigenvalue weighted by Gasteiger charge is -2.04. The first-order valence-corrected chi connectivity index (χ1v) is 5.67. The molecule has 1 saturated carbocycles. The minimum Gasteiger partial charge on any atom is -0.494 e. The molecule has 1 aromatic heterocycles. The van der Waals surface area contributed by atoms with E-state index < -0.39 is 0 Å². The molecule has 0 aliphatic heterocycles. The van der Waals surface area contributed by atoms with Gasteiger partial charge in [-0.1, -0.05) is 6.07 Å². The van der Waals surface area contributed by atoms with Crippen LogP contribution in [0.1, 0.15) is 24.5 Å². The molecule has 0 atom stereocenters. The van der Waals surface area contributed by atoms with Gasteiger partial charge in [-0.3, -0.25) is 0 Å². The molecule has 0 amide bonds. The summed E-state index contributed by atoms with van der Waals surface area (Å²) >= 11 is 0. The van der Waals surface area contributed by atoms with Crippen LogP contribution in [-0.4, -0.2) is 17.1 Å². The maximum Gasteiger partial charge on any atom is 0.175 e. The van der Waals surface area contributed by atoms with Crippen LogP contribution in [0.2, 0.25) is 0 Å². The van der Waals surface area contributed by atoms with Crippen molar-refractivity contribution in [3.63, 3.8) is 0 Å². The number of nitrogens with zero attached hydrogens (tertiary/aromatic N) is 1. The second kappa shape index (κ2) is 3.87. The molecule has 3 nitrogen and oxygen atoms in total. The van der Waals surface area contributed by atoms with Crippen molar-refractivity contribution in [2.24, 2.45) is 0 Å². The first kappa shape index (κ1) is 10.3. The number of H-pyrrole nitrogens is 1. The Morgan fingerprint density at radius 2 is 2.24 bits per heavy atom. The number of nitrogens with one attached hydrogen (secondary N) is 1. The molecular weight excluding hydrogens is 219 g/mol. The van der Waals surface area contributed by atoms with E-state index in [0.29, 0.717) is 17.3 Å². The number of imidazole rings is 1. The van der Waals surface area contributed by atoms with Crippen molar-refractivity contribution in [1.29, 1.82) is 0 Å². The minimum absolute atomic E-state index is 0.242. The summed E-state index contributed by atoms with van der Waals surface area (Å²) in [6, 6.07) is 5.06. The fraction of sp³-hybridized carbons (Fsp3) is 0.308. The summed E-state index contributed by atoms with van der Waals surface area (Å²) in [5.41, 5.74) is 1.55. The molecule has 17 heavy (non-hydrogen) atoms. The number of ether oxygens (including phenoxy) is 1. The van der Waals surface area contributed by atoms with E-state index in [4.69, 9.17) is 4.74 Å². The third-order valence-corrected chi connectivity index (χ3v) is 3.05. The zero-order chi connectivity index (χ0) is 11.8. The maximum atomic E-state index is 14.0. The van der Waals surface area contributed by atoms with Gasteiger partial charge in [-0.05, 0) is 25.0 Å². The van der Waals surface area contributed by atoms with Gasteiger partial charge in [-0.15, -0.1) is 0 Å². The van der Waals surface area contributed by atoms with Gasteiger partial charge in [0.15, 0.2) is 11.6 Å². The van der Waals surface area contributed by atoms with Gasteiger partial charge in [-0.25, -0.2) is 9.37 Å². The topological polar surface area (TPSA) is 37.9 Å². The lowest BCUT2D eigenvalue weighted by Crippen LogP contribution is -1.92. The van der Waals surface area contributed by atoms with Gasteiger partial charge in [0.25, 0.3) is 0 Å². The summed E-state index contributed by atoms with van der Waals surface area (Å²) in [5, 5.41) is 0. The van der Waals surface area contributed by atoms with Crippen molar-refractivity contribution in [1.82, 2.24) is 9.97 Å². The SMILES string of the molecule is COc1cccc(-c2ncc(C3CC3)[nH]2)c1F. The Kier molecular flexibility index (Phi) is 2.35. The van der Waals surface area contributed by atoms with Gasteiger partial charge in [0.1, 0.15) is 5.82 Å².